The Morgan fingerprint density at radius 1 is 1.12 bits per heavy atom. The van der Waals surface area contributed by atoms with Crippen molar-refractivity contribution in [1.29, 1.82) is 0 Å². The largest absolute Gasteiger partial charge is 0.489 e. The Kier molecular flexibility index (Phi) is 6.12. The minimum Gasteiger partial charge on any atom is -0.489 e. The third-order valence-corrected chi connectivity index (χ3v) is 3.40. The minimum absolute atomic E-state index is 0.0747. The van der Waals surface area contributed by atoms with Crippen molar-refractivity contribution in [3.63, 3.8) is 0 Å². The topological polar surface area (TPSA) is 76.1 Å². The van der Waals surface area contributed by atoms with Crippen molar-refractivity contribution in [3.8, 4) is 5.75 Å². The number of benzene rings is 1. The van der Waals surface area contributed by atoms with Gasteiger partial charge in [0.2, 0.25) is 0 Å². The molecule has 128 valence electrons. The van der Waals surface area contributed by atoms with Gasteiger partial charge in [0.1, 0.15) is 5.75 Å². The first-order valence-corrected chi connectivity index (χ1v) is 8.17. The summed E-state index contributed by atoms with van der Waals surface area (Å²) < 4.78 is 5.76. The molecule has 1 aromatic carbocycles. The fourth-order valence-corrected chi connectivity index (χ4v) is 1.98. The second-order valence-electron chi connectivity index (χ2n) is 5.87. The van der Waals surface area contributed by atoms with Crippen LogP contribution in [-0.2, 0) is 0 Å². The molecule has 0 saturated carbocycles. The van der Waals surface area contributed by atoms with Crippen LogP contribution in [0.3, 0.4) is 0 Å². The summed E-state index contributed by atoms with van der Waals surface area (Å²) in [5, 5.41) is 14.1. The number of ether oxygens (including phenoxy) is 1. The summed E-state index contributed by atoms with van der Waals surface area (Å²) in [6.45, 7) is 7.91. The highest BCUT2D eigenvalue weighted by atomic mass is 16.5. The molecule has 2 aromatic rings. The number of para-hydroxylation sites is 2. The molecule has 2 N–H and O–H groups in total. The zero-order valence-electron chi connectivity index (χ0n) is 14.5. The predicted molar refractivity (Wildman–Crippen MR) is 94.7 cm³/mol. The summed E-state index contributed by atoms with van der Waals surface area (Å²) in [6.07, 6.45) is 0.941. The van der Waals surface area contributed by atoms with Gasteiger partial charge in [0.25, 0.3) is 5.91 Å². The Bertz CT molecular complexity index is 671. The van der Waals surface area contributed by atoms with E-state index in [1.807, 2.05) is 52.0 Å². The second-order valence-corrected chi connectivity index (χ2v) is 5.87. The summed E-state index contributed by atoms with van der Waals surface area (Å²) in [6, 6.07) is 11.1. The number of amides is 1. The van der Waals surface area contributed by atoms with Gasteiger partial charge in [0, 0.05) is 6.04 Å². The average Bonchev–Trinajstić information content (AvgIpc) is 2.56. The molecule has 0 aliphatic heterocycles. The van der Waals surface area contributed by atoms with E-state index in [4.69, 9.17) is 4.74 Å². The van der Waals surface area contributed by atoms with Gasteiger partial charge in [0.15, 0.2) is 11.5 Å². The Hall–Kier alpha value is -2.63. The molecule has 1 amide bonds. The fraction of sp³-hybridized carbons (Fsp3) is 0.389. The number of nitrogens with zero attached hydrogens (tertiary/aromatic N) is 2. The van der Waals surface area contributed by atoms with E-state index in [0.717, 1.165) is 17.9 Å². The smallest absolute Gasteiger partial charge is 0.272 e. The standard InChI is InChI=1S/C18H24N4O2/c1-5-13(4)19-18(23)15-10-11-17(22-21-15)20-14-8-6-7-9-16(14)24-12(2)3/h6-13H,5H2,1-4H3,(H,19,23)(H,20,22). The summed E-state index contributed by atoms with van der Waals surface area (Å²) in [7, 11) is 0. The van der Waals surface area contributed by atoms with E-state index in [2.05, 4.69) is 20.8 Å². The molecule has 0 radical (unpaired) electrons. The summed E-state index contributed by atoms with van der Waals surface area (Å²) in [5.41, 5.74) is 1.10. The number of aromatic nitrogens is 2. The SMILES string of the molecule is CCC(C)NC(=O)c1ccc(Nc2ccccc2OC(C)C)nn1. The van der Waals surface area contributed by atoms with Crippen molar-refractivity contribution >= 4 is 17.4 Å². The number of rotatable bonds is 7. The van der Waals surface area contributed by atoms with Crippen molar-refractivity contribution in [1.82, 2.24) is 15.5 Å². The van der Waals surface area contributed by atoms with Crippen LogP contribution in [-0.4, -0.2) is 28.3 Å². The first kappa shape index (κ1) is 17.7. The highest BCUT2D eigenvalue weighted by molar-refractivity contribution is 5.92. The lowest BCUT2D eigenvalue weighted by molar-refractivity contribution is 0.0933. The highest BCUT2D eigenvalue weighted by Gasteiger charge is 2.11. The van der Waals surface area contributed by atoms with Gasteiger partial charge >= 0.3 is 0 Å². The minimum atomic E-state index is -0.216. The quantitative estimate of drug-likeness (QED) is 0.813. The zero-order valence-corrected chi connectivity index (χ0v) is 14.5. The zero-order chi connectivity index (χ0) is 17.5. The van der Waals surface area contributed by atoms with E-state index in [1.165, 1.54) is 0 Å². The normalized spacial score (nSPS) is 11.9. The monoisotopic (exact) mass is 328 g/mol. The maximum absolute atomic E-state index is 12.0. The molecule has 1 atom stereocenters. The van der Waals surface area contributed by atoms with E-state index < -0.39 is 0 Å². The van der Waals surface area contributed by atoms with Crippen molar-refractivity contribution in [2.24, 2.45) is 0 Å². The summed E-state index contributed by atoms with van der Waals surface area (Å²) >= 11 is 0. The number of nitrogens with one attached hydrogen (secondary N) is 2. The van der Waals surface area contributed by atoms with E-state index in [9.17, 15) is 4.79 Å². The van der Waals surface area contributed by atoms with Crippen LogP contribution < -0.4 is 15.4 Å². The molecule has 0 fully saturated rings. The number of anilines is 2. The first-order valence-electron chi connectivity index (χ1n) is 8.17. The number of carbonyl (C=O) groups excluding carboxylic acids is 1. The molecule has 0 saturated heterocycles. The Morgan fingerprint density at radius 2 is 1.88 bits per heavy atom. The number of carbonyl (C=O) groups is 1. The molecule has 0 aliphatic rings. The molecule has 1 unspecified atom stereocenters. The van der Waals surface area contributed by atoms with E-state index >= 15 is 0 Å². The lowest BCUT2D eigenvalue weighted by atomic mass is 10.2. The molecule has 6 nitrogen and oxygen atoms in total. The molecule has 1 heterocycles. The third kappa shape index (κ3) is 4.94. The Labute approximate surface area is 142 Å². The fourth-order valence-electron chi connectivity index (χ4n) is 1.98. The van der Waals surface area contributed by atoms with Crippen LogP contribution in [0.25, 0.3) is 0 Å². The molecule has 0 bridgehead atoms. The average molecular weight is 328 g/mol. The number of hydrogen-bond donors (Lipinski definition) is 2. The summed E-state index contributed by atoms with van der Waals surface area (Å²) in [4.78, 5) is 12.0. The molecule has 24 heavy (non-hydrogen) atoms. The predicted octanol–water partition coefficient (Wildman–Crippen LogP) is 3.54. The van der Waals surface area contributed by atoms with E-state index in [1.54, 1.807) is 12.1 Å². The van der Waals surface area contributed by atoms with Crippen molar-refractivity contribution < 1.29 is 9.53 Å². The maximum Gasteiger partial charge on any atom is 0.272 e. The third-order valence-electron chi connectivity index (χ3n) is 3.40. The molecule has 6 heteroatoms. The van der Waals surface area contributed by atoms with Crippen molar-refractivity contribution in [2.75, 3.05) is 5.32 Å². The van der Waals surface area contributed by atoms with Gasteiger partial charge in [-0.15, -0.1) is 10.2 Å². The molecular weight excluding hydrogens is 304 g/mol. The van der Waals surface area contributed by atoms with Crippen LogP contribution in [0.15, 0.2) is 36.4 Å². The Morgan fingerprint density at radius 3 is 2.50 bits per heavy atom. The first-order chi connectivity index (χ1) is 11.5. The van der Waals surface area contributed by atoms with Gasteiger partial charge in [-0.1, -0.05) is 19.1 Å². The van der Waals surface area contributed by atoms with Gasteiger partial charge in [0.05, 0.1) is 11.8 Å². The van der Waals surface area contributed by atoms with Crippen LogP contribution >= 0.6 is 0 Å². The molecular formula is C18H24N4O2. The van der Waals surface area contributed by atoms with Crippen LogP contribution in [0.1, 0.15) is 44.6 Å². The van der Waals surface area contributed by atoms with Gasteiger partial charge in [-0.3, -0.25) is 4.79 Å². The summed E-state index contributed by atoms with van der Waals surface area (Å²) in [5.74, 6) is 1.08. The van der Waals surface area contributed by atoms with Crippen LogP contribution in [0.2, 0.25) is 0 Å². The highest BCUT2D eigenvalue weighted by Crippen LogP contribution is 2.27. The van der Waals surface area contributed by atoms with Gasteiger partial charge < -0.3 is 15.4 Å². The van der Waals surface area contributed by atoms with Crippen LogP contribution in [0.5, 0.6) is 5.75 Å². The van der Waals surface area contributed by atoms with Gasteiger partial charge in [-0.05, 0) is 51.5 Å². The molecule has 0 spiro atoms. The second kappa shape index (κ2) is 8.29. The Balaban J connectivity index is 2.08. The molecule has 2 rings (SSSR count). The van der Waals surface area contributed by atoms with E-state index in [0.29, 0.717) is 11.5 Å². The lowest BCUT2D eigenvalue weighted by Gasteiger charge is -2.15. The van der Waals surface area contributed by atoms with E-state index in [-0.39, 0.29) is 18.1 Å². The molecule has 1 aromatic heterocycles. The van der Waals surface area contributed by atoms with Crippen LogP contribution in [0.4, 0.5) is 11.5 Å². The van der Waals surface area contributed by atoms with Crippen molar-refractivity contribution in [3.05, 3.63) is 42.1 Å². The van der Waals surface area contributed by atoms with Gasteiger partial charge in [-0.2, -0.15) is 0 Å². The molecule has 0 aliphatic carbocycles. The van der Waals surface area contributed by atoms with Gasteiger partial charge in [-0.25, -0.2) is 0 Å². The maximum atomic E-state index is 12.0. The van der Waals surface area contributed by atoms with Crippen LogP contribution in [0, 0.1) is 0 Å². The van der Waals surface area contributed by atoms with Crippen molar-refractivity contribution in [2.45, 2.75) is 46.3 Å². The number of hydrogen-bond acceptors (Lipinski definition) is 5. The lowest BCUT2D eigenvalue weighted by Crippen LogP contribution is -2.32.